The molecule has 0 aliphatic carbocycles. The lowest BCUT2D eigenvalue weighted by Crippen LogP contribution is -2.05. The molecule has 1 atom stereocenters. The Hall–Kier alpha value is -1.91. The lowest BCUT2D eigenvalue weighted by atomic mass is 9.98. The monoisotopic (exact) mass is 266 g/mol. The molecule has 1 saturated heterocycles. The van der Waals surface area contributed by atoms with Crippen molar-refractivity contribution >= 4 is 5.97 Å². The number of benzene rings is 1. The van der Waals surface area contributed by atoms with Crippen LogP contribution >= 0.6 is 0 Å². The first-order valence-electron chi connectivity index (χ1n) is 6.12. The van der Waals surface area contributed by atoms with Crippen LogP contribution in [0.2, 0.25) is 0 Å². The second-order valence-corrected chi connectivity index (χ2v) is 4.49. The highest BCUT2D eigenvalue weighted by molar-refractivity contribution is 5.71. The van der Waals surface area contributed by atoms with Crippen molar-refractivity contribution < 1.29 is 23.7 Å². The molecule has 1 fully saturated rings. The normalized spacial score (nSPS) is 18.1. The molecule has 1 aliphatic rings. The molecule has 0 N–H and O–H groups in total. The molecular weight excluding hydrogens is 248 g/mol. The van der Waals surface area contributed by atoms with Crippen LogP contribution in [-0.4, -0.2) is 33.9 Å². The first-order valence-corrected chi connectivity index (χ1v) is 6.12. The van der Waals surface area contributed by atoms with Crippen molar-refractivity contribution in [2.75, 3.05) is 27.9 Å². The van der Waals surface area contributed by atoms with E-state index >= 15 is 0 Å². The van der Waals surface area contributed by atoms with Gasteiger partial charge in [-0.05, 0) is 24.1 Å². The zero-order chi connectivity index (χ0) is 13.8. The molecule has 1 aliphatic heterocycles. The first kappa shape index (κ1) is 13.5. The Balaban J connectivity index is 2.23. The molecule has 5 heteroatoms. The van der Waals surface area contributed by atoms with Crippen LogP contribution in [0, 0.1) is 5.92 Å². The molecule has 0 bridgehead atoms. The van der Waals surface area contributed by atoms with E-state index < -0.39 is 0 Å². The summed E-state index contributed by atoms with van der Waals surface area (Å²) >= 11 is 0. The van der Waals surface area contributed by atoms with Crippen molar-refractivity contribution in [1.29, 1.82) is 0 Å². The summed E-state index contributed by atoms with van der Waals surface area (Å²) in [5, 5.41) is 0. The van der Waals surface area contributed by atoms with Crippen LogP contribution in [0.5, 0.6) is 17.2 Å². The molecule has 0 saturated carbocycles. The summed E-state index contributed by atoms with van der Waals surface area (Å²) in [6, 6.07) is 3.81. The minimum atomic E-state index is -0.127. The summed E-state index contributed by atoms with van der Waals surface area (Å²) < 4.78 is 20.8. The summed E-state index contributed by atoms with van der Waals surface area (Å²) in [5.74, 6) is 1.92. The maximum Gasteiger partial charge on any atom is 0.306 e. The molecule has 19 heavy (non-hydrogen) atoms. The number of hydrogen-bond acceptors (Lipinski definition) is 5. The molecule has 1 aromatic rings. The summed E-state index contributed by atoms with van der Waals surface area (Å²) in [6.07, 6.45) is 1.22. The van der Waals surface area contributed by atoms with Crippen LogP contribution in [-0.2, 0) is 16.0 Å². The van der Waals surface area contributed by atoms with Crippen molar-refractivity contribution in [3.63, 3.8) is 0 Å². The predicted molar refractivity (Wildman–Crippen MR) is 68.9 cm³/mol. The fourth-order valence-corrected chi connectivity index (χ4v) is 2.28. The summed E-state index contributed by atoms with van der Waals surface area (Å²) in [7, 11) is 4.75. The molecule has 1 aromatic carbocycles. The Morgan fingerprint density at radius 2 is 1.79 bits per heavy atom. The quantitative estimate of drug-likeness (QED) is 0.761. The maximum atomic E-state index is 11.1. The minimum Gasteiger partial charge on any atom is -0.493 e. The molecular formula is C14H18O5. The Morgan fingerprint density at radius 1 is 1.16 bits per heavy atom. The third kappa shape index (κ3) is 2.92. The minimum absolute atomic E-state index is 0.127. The van der Waals surface area contributed by atoms with Gasteiger partial charge in [-0.3, -0.25) is 4.79 Å². The molecule has 0 spiro atoms. The van der Waals surface area contributed by atoms with Crippen LogP contribution in [0.4, 0.5) is 0 Å². The highest BCUT2D eigenvalue weighted by atomic mass is 16.5. The smallest absolute Gasteiger partial charge is 0.306 e. The van der Waals surface area contributed by atoms with Crippen molar-refractivity contribution in [3.05, 3.63) is 17.7 Å². The average Bonchev–Trinajstić information content (AvgIpc) is 2.82. The van der Waals surface area contributed by atoms with E-state index in [0.717, 1.165) is 12.0 Å². The second kappa shape index (κ2) is 5.82. The third-order valence-electron chi connectivity index (χ3n) is 3.18. The van der Waals surface area contributed by atoms with Gasteiger partial charge in [0.05, 0.1) is 34.4 Å². The van der Waals surface area contributed by atoms with Gasteiger partial charge in [-0.1, -0.05) is 0 Å². The first-order chi connectivity index (χ1) is 9.17. The van der Waals surface area contributed by atoms with Crippen molar-refractivity contribution in [2.45, 2.75) is 12.8 Å². The van der Waals surface area contributed by atoms with Crippen LogP contribution in [0.3, 0.4) is 0 Å². The number of carbonyl (C=O) groups is 1. The number of carbonyl (C=O) groups excluding carboxylic acids is 1. The fraction of sp³-hybridized carbons (Fsp3) is 0.500. The van der Waals surface area contributed by atoms with E-state index in [-0.39, 0.29) is 11.9 Å². The van der Waals surface area contributed by atoms with Gasteiger partial charge in [-0.25, -0.2) is 0 Å². The largest absolute Gasteiger partial charge is 0.493 e. The number of rotatable bonds is 5. The molecule has 2 rings (SSSR count). The van der Waals surface area contributed by atoms with E-state index in [0.29, 0.717) is 30.3 Å². The van der Waals surface area contributed by atoms with E-state index in [4.69, 9.17) is 18.9 Å². The Morgan fingerprint density at radius 3 is 2.21 bits per heavy atom. The van der Waals surface area contributed by atoms with E-state index in [1.807, 2.05) is 12.1 Å². The molecule has 0 amide bonds. The number of esters is 1. The highest BCUT2D eigenvalue weighted by Crippen LogP contribution is 2.39. The van der Waals surface area contributed by atoms with Crippen molar-refractivity contribution in [1.82, 2.24) is 0 Å². The van der Waals surface area contributed by atoms with E-state index in [1.54, 1.807) is 21.3 Å². The van der Waals surface area contributed by atoms with Crippen LogP contribution in [0.15, 0.2) is 12.1 Å². The number of cyclic esters (lactones) is 1. The summed E-state index contributed by atoms with van der Waals surface area (Å²) in [5.41, 5.74) is 1.04. The molecule has 5 nitrogen and oxygen atoms in total. The fourth-order valence-electron chi connectivity index (χ4n) is 2.28. The van der Waals surface area contributed by atoms with Gasteiger partial charge in [-0.15, -0.1) is 0 Å². The third-order valence-corrected chi connectivity index (χ3v) is 3.18. The number of hydrogen-bond donors (Lipinski definition) is 0. The van der Waals surface area contributed by atoms with Crippen molar-refractivity contribution in [2.24, 2.45) is 5.92 Å². The van der Waals surface area contributed by atoms with Gasteiger partial charge in [0.15, 0.2) is 11.5 Å². The number of methoxy groups -OCH3 is 3. The molecule has 0 aromatic heterocycles. The Bertz CT molecular complexity index is 444. The molecule has 0 unspecified atom stereocenters. The average molecular weight is 266 g/mol. The standard InChI is InChI=1S/C14H18O5/c1-16-11-5-9(4-10-7-13(15)19-8-10)6-12(17-2)14(11)18-3/h5-6,10H,4,7-8H2,1-3H3/t10-/m0/s1. The predicted octanol–water partition coefficient (Wildman–Crippen LogP) is 1.82. The van der Waals surface area contributed by atoms with E-state index in [2.05, 4.69) is 0 Å². The van der Waals surface area contributed by atoms with Crippen LogP contribution in [0.1, 0.15) is 12.0 Å². The molecule has 104 valence electrons. The van der Waals surface area contributed by atoms with Gasteiger partial charge >= 0.3 is 5.97 Å². The van der Waals surface area contributed by atoms with Gasteiger partial charge in [0.25, 0.3) is 0 Å². The van der Waals surface area contributed by atoms with Crippen LogP contribution < -0.4 is 14.2 Å². The Labute approximate surface area is 112 Å². The highest BCUT2D eigenvalue weighted by Gasteiger charge is 2.25. The van der Waals surface area contributed by atoms with Gasteiger partial charge in [-0.2, -0.15) is 0 Å². The molecule has 1 heterocycles. The second-order valence-electron chi connectivity index (χ2n) is 4.49. The van der Waals surface area contributed by atoms with Gasteiger partial charge in [0.2, 0.25) is 5.75 Å². The molecule has 0 radical (unpaired) electrons. The SMILES string of the molecule is COc1cc(C[C@@H]2COC(=O)C2)cc(OC)c1OC. The Kier molecular flexibility index (Phi) is 4.14. The zero-order valence-corrected chi connectivity index (χ0v) is 11.4. The zero-order valence-electron chi connectivity index (χ0n) is 11.4. The lowest BCUT2D eigenvalue weighted by molar-refractivity contribution is -0.137. The summed E-state index contributed by atoms with van der Waals surface area (Å²) in [4.78, 5) is 11.1. The number of ether oxygens (including phenoxy) is 4. The van der Waals surface area contributed by atoms with Gasteiger partial charge < -0.3 is 18.9 Å². The maximum absolute atomic E-state index is 11.1. The van der Waals surface area contributed by atoms with Gasteiger partial charge in [0, 0.05) is 5.92 Å². The summed E-state index contributed by atoms with van der Waals surface area (Å²) in [6.45, 7) is 0.482. The van der Waals surface area contributed by atoms with E-state index in [1.165, 1.54) is 0 Å². The van der Waals surface area contributed by atoms with Crippen LogP contribution in [0.25, 0.3) is 0 Å². The van der Waals surface area contributed by atoms with Gasteiger partial charge in [0.1, 0.15) is 0 Å². The van der Waals surface area contributed by atoms with Crippen molar-refractivity contribution in [3.8, 4) is 17.2 Å². The lowest BCUT2D eigenvalue weighted by Gasteiger charge is -2.15. The topological polar surface area (TPSA) is 54.0 Å². The van der Waals surface area contributed by atoms with E-state index in [9.17, 15) is 4.79 Å².